The zero-order chi connectivity index (χ0) is 14.8. The molecule has 1 amide bonds. The second kappa shape index (κ2) is 5.97. The molecule has 2 heterocycles. The lowest BCUT2D eigenvalue weighted by Gasteiger charge is -2.35. The van der Waals surface area contributed by atoms with Gasteiger partial charge in [-0.15, -0.1) is 0 Å². The van der Waals surface area contributed by atoms with Crippen LogP contribution >= 0.6 is 0 Å². The molecule has 2 aliphatic rings. The third-order valence-electron chi connectivity index (χ3n) is 4.25. The van der Waals surface area contributed by atoms with Gasteiger partial charge in [0.15, 0.2) is 0 Å². The molecule has 1 aromatic carbocycles. The van der Waals surface area contributed by atoms with Gasteiger partial charge in [-0.3, -0.25) is 4.79 Å². The molecule has 1 N–H and O–H groups in total. The Morgan fingerprint density at radius 2 is 2.24 bits per heavy atom. The van der Waals surface area contributed by atoms with Crippen LogP contribution in [0.1, 0.15) is 23.2 Å². The van der Waals surface area contributed by atoms with Crippen molar-refractivity contribution in [2.24, 2.45) is 5.92 Å². The molecule has 2 saturated heterocycles. The van der Waals surface area contributed by atoms with E-state index in [0.717, 1.165) is 25.9 Å². The highest BCUT2D eigenvalue weighted by atomic mass is 19.3. The van der Waals surface area contributed by atoms with E-state index in [1.165, 1.54) is 12.1 Å². The normalized spacial score (nSPS) is 25.0. The van der Waals surface area contributed by atoms with Gasteiger partial charge in [0.2, 0.25) is 0 Å². The quantitative estimate of drug-likeness (QED) is 0.929. The Kier molecular flexibility index (Phi) is 4.05. The molecule has 2 unspecified atom stereocenters. The first-order chi connectivity index (χ1) is 10.1. The maximum atomic E-state index is 12.5. The number of nitrogens with zero attached hydrogens (tertiary/aromatic N) is 1. The number of alkyl halides is 2. The number of fused-ring (bicyclic) bond motifs is 1. The highest BCUT2D eigenvalue weighted by molar-refractivity contribution is 5.94. The Balaban J connectivity index is 1.70. The third-order valence-corrected chi connectivity index (χ3v) is 4.25. The van der Waals surface area contributed by atoms with Gasteiger partial charge in [-0.2, -0.15) is 8.78 Å². The van der Waals surface area contributed by atoms with Gasteiger partial charge in [0, 0.05) is 24.7 Å². The van der Waals surface area contributed by atoms with Gasteiger partial charge in [-0.1, -0.05) is 6.07 Å². The molecule has 2 aliphatic heterocycles. The van der Waals surface area contributed by atoms with Gasteiger partial charge >= 0.3 is 6.61 Å². The molecule has 0 aliphatic carbocycles. The maximum Gasteiger partial charge on any atom is 0.387 e. The molecule has 0 spiro atoms. The summed E-state index contributed by atoms with van der Waals surface area (Å²) in [6.45, 7) is -0.436. The summed E-state index contributed by atoms with van der Waals surface area (Å²) in [7, 11) is 0. The number of piperidine rings is 1. The van der Waals surface area contributed by atoms with Crippen LogP contribution < -0.4 is 10.1 Å². The standard InChI is InChI=1S/C15H18F2N2O2/c16-15(17)21-12-3-1-2-10(8-12)14(20)19-7-5-13-11(9-19)4-6-18-13/h1-3,8,11,13,15,18H,4-7,9H2. The number of nitrogens with one attached hydrogen (secondary N) is 1. The van der Waals surface area contributed by atoms with E-state index in [2.05, 4.69) is 10.1 Å². The highest BCUT2D eigenvalue weighted by Crippen LogP contribution is 2.26. The molecule has 2 atom stereocenters. The van der Waals surface area contributed by atoms with Crippen LogP contribution in [0.2, 0.25) is 0 Å². The van der Waals surface area contributed by atoms with E-state index in [1.54, 1.807) is 12.1 Å². The van der Waals surface area contributed by atoms with Crippen LogP contribution in [0, 0.1) is 5.92 Å². The largest absolute Gasteiger partial charge is 0.435 e. The summed E-state index contributed by atoms with van der Waals surface area (Å²) in [5.74, 6) is 0.413. The van der Waals surface area contributed by atoms with Gasteiger partial charge in [-0.25, -0.2) is 0 Å². The summed E-state index contributed by atoms with van der Waals surface area (Å²) in [5.41, 5.74) is 0.401. The van der Waals surface area contributed by atoms with Gasteiger partial charge in [0.25, 0.3) is 5.91 Å². The van der Waals surface area contributed by atoms with E-state index in [0.29, 0.717) is 24.1 Å². The van der Waals surface area contributed by atoms with Crippen molar-refractivity contribution in [3.63, 3.8) is 0 Å². The number of carbonyl (C=O) groups is 1. The summed E-state index contributed by atoms with van der Waals surface area (Å²) in [5, 5.41) is 3.45. The van der Waals surface area contributed by atoms with Crippen LogP contribution in [0.4, 0.5) is 8.78 Å². The smallest absolute Gasteiger partial charge is 0.387 e. The van der Waals surface area contributed by atoms with E-state index in [4.69, 9.17) is 0 Å². The second-order valence-corrected chi connectivity index (χ2v) is 5.56. The number of rotatable bonds is 3. The summed E-state index contributed by atoms with van der Waals surface area (Å²) < 4.78 is 28.8. The number of halogens is 2. The molecule has 114 valence electrons. The van der Waals surface area contributed by atoms with Crippen LogP contribution in [0.25, 0.3) is 0 Å². The zero-order valence-corrected chi connectivity index (χ0v) is 11.6. The van der Waals surface area contributed by atoms with Gasteiger partial charge < -0.3 is 15.0 Å². The second-order valence-electron chi connectivity index (χ2n) is 5.56. The maximum absolute atomic E-state index is 12.5. The molecular weight excluding hydrogens is 278 g/mol. The van der Waals surface area contributed by atoms with Gasteiger partial charge in [0.05, 0.1) is 0 Å². The number of amides is 1. The predicted molar refractivity (Wildman–Crippen MR) is 73.5 cm³/mol. The van der Waals surface area contributed by atoms with E-state index in [-0.39, 0.29) is 11.7 Å². The molecule has 0 saturated carbocycles. The van der Waals surface area contributed by atoms with Crippen LogP contribution in [0.3, 0.4) is 0 Å². The van der Waals surface area contributed by atoms with E-state index in [9.17, 15) is 13.6 Å². The minimum absolute atomic E-state index is 0.0215. The van der Waals surface area contributed by atoms with Crippen molar-refractivity contribution in [2.45, 2.75) is 25.5 Å². The number of likely N-dealkylation sites (tertiary alicyclic amines) is 1. The van der Waals surface area contributed by atoms with Crippen molar-refractivity contribution in [1.82, 2.24) is 10.2 Å². The first-order valence-corrected chi connectivity index (χ1v) is 7.21. The van der Waals surface area contributed by atoms with E-state index < -0.39 is 6.61 Å². The van der Waals surface area contributed by atoms with Crippen molar-refractivity contribution in [1.29, 1.82) is 0 Å². The molecule has 0 aromatic heterocycles. The number of hydrogen-bond acceptors (Lipinski definition) is 3. The lowest BCUT2D eigenvalue weighted by molar-refractivity contribution is -0.0499. The lowest BCUT2D eigenvalue weighted by Crippen LogP contribution is -2.46. The van der Waals surface area contributed by atoms with Crippen molar-refractivity contribution in [3.8, 4) is 5.75 Å². The van der Waals surface area contributed by atoms with Crippen LogP contribution in [-0.4, -0.2) is 43.1 Å². The fraction of sp³-hybridized carbons (Fsp3) is 0.533. The van der Waals surface area contributed by atoms with Gasteiger partial charge in [-0.05, 0) is 43.5 Å². The van der Waals surface area contributed by atoms with Crippen LogP contribution in [-0.2, 0) is 0 Å². The summed E-state index contributed by atoms with van der Waals surface area (Å²) in [4.78, 5) is 14.3. The third kappa shape index (κ3) is 3.15. The van der Waals surface area contributed by atoms with Crippen molar-refractivity contribution in [2.75, 3.05) is 19.6 Å². The Morgan fingerprint density at radius 1 is 1.38 bits per heavy atom. The lowest BCUT2D eigenvalue weighted by atomic mass is 9.93. The van der Waals surface area contributed by atoms with Crippen LogP contribution in [0.5, 0.6) is 5.75 Å². The molecule has 0 bridgehead atoms. The van der Waals surface area contributed by atoms with Crippen LogP contribution in [0.15, 0.2) is 24.3 Å². The average Bonchev–Trinajstić information content (AvgIpc) is 2.93. The Bertz CT molecular complexity index is 524. The van der Waals surface area contributed by atoms with E-state index in [1.807, 2.05) is 4.90 Å². The van der Waals surface area contributed by atoms with Gasteiger partial charge in [0.1, 0.15) is 5.75 Å². The van der Waals surface area contributed by atoms with Crippen molar-refractivity contribution >= 4 is 5.91 Å². The first kappa shape index (κ1) is 14.3. The minimum atomic E-state index is -2.88. The number of ether oxygens (including phenoxy) is 1. The van der Waals surface area contributed by atoms with E-state index >= 15 is 0 Å². The molecule has 3 rings (SSSR count). The SMILES string of the molecule is O=C(c1cccc(OC(F)F)c1)N1CCC2NCCC2C1. The molecule has 2 fully saturated rings. The van der Waals surface area contributed by atoms with Crippen molar-refractivity contribution in [3.05, 3.63) is 29.8 Å². The molecule has 21 heavy (non-hydrogen) atoms. The number of hydrogen-bond donors (Lipinski definition) is 1. The zero-order valence-electron chi connectivity index (χ0n) is 11.6. The highest BCUT2D eigenvalue weighted by Gasteiger charge is 2.34. The predicted octanol–water partition coefficient (Wildman–Crippen LogP) is 2.11. The minimum Gasteiger partial charge on any atom is -0.435 e. The summed E-state index contributed by atoms with van der Waals surface area (Å²) >= 11 is 0. The molecular formula is C15H18F2N2O2. The molecule has 0 radical (unpaired) electrons. The monoisotopic (exact) mass is 296 g/mol. The first-order valence-electron chi connectivity index (χ1n) is 7.21. The fourth-order valence-electron chi connectivity index (χ4n) is 3.22. The Morgan fingerprint density at radius 3 is 3.05 bits per heavy atom. The number of carbonyl (C=O) groups excluding carboxylic acids is 1. The summed E-state index contributed by atoms with van der Waals surface area (Å²) in [6, 6.07) is 6.53. The average molecular weight is 296 g/mol. The molecule has 1 aromatic rings. The summed E-state index contributed by atoms with van der Waals surface area (Å²) in [6.07, 6.45) is 2.03. The Hall–Kier alpha value is -1.69. The Labute approximate surface area is 122 Å². The topological polar surface area (TPSA) is 41.6 Å². The molecule has 4 nitrogen and oxygen atoms in total. The van der Waals surface area contributed by atoms with Crippen molar-refractivity contribution < 1.29 is 18.3 Å². The molecule has 6 heteroatoms. The number of benzene rings is 1. The fourth-order valence-corrected chi connectivity index (χ4v) is 3.22.